The summed E-state index contributed by atoms with van der Waals surface area (Å²) in [6.07, 6.45) is 2.80. The van der Waals surface area contributed by atoms with Crippen molar-refractivity contribution in [3.05, 3.63) is 46.9 Å². The minimum absolute atomic E-state index is 0.238. The molecular formula is C17H23N3. The first-order valence-electron chi connectivity index (χ1n) is 7.18. The van der Waals surface area contributed by atoms with Crippen LogP contribution in [0.1, 0.15) is 41.8 Å². The Bertz CT molecular complexity index is 601. The van der Waals surface area contributed by atoms with Gasteiger partial charge in [-0.1, -0.05) is 19.1 Å². The first-order chi connectivity index (χ1) is 9.58. The fraction of sp³-hybridized carbons (Fsp3) is 0.412. The topological polar surface area (TPSA) is 51.8 Å². The van der Waals surface area contributed by atoms with Gasteiger partial charge in [0.2, 0.25) is 0 Å². The minimum Gasteiger partial charge on any atom is -0.330 e. The van der Waals surface area contributed by atoms with Gasteiger partial charge in [-0.05, 0) is 49.9 Å². The van der Waals surface area contributed by atoms with E-state index in [1.165, 1.54) is 22.3 Å². The summed E-state index contributed by atoms with van der Waals surface area (Å²) in [4.78, 5) is 9.11. The number of benzene rings is 1. The van der Waals surface area contributed by atoms with Gasteiger partial charge >= 0.3 is 0 Å². The van der Waals surface area contributed by atoms with Crippen LogP contribution in [0.4, 0.5) is 0 Å². The van der Waals surface area contributed by atoms with Crippen molar-refractivity contribution < 1.29 is 0 Å². The van der Waals surface area contributed by atoms with Crippen LogP contribution in [0.15, 0.2) is 24.4 Å². The van der Waals surface area contributed by atoms with Gasteiger partial charge in [-0.15, -0.1) is 0 Å². The van der Waals surface area contributed by atoms with Crippen LogP contribution >= 0.6 is 0 Å². The van der Waals surface area contributed by atoms with Crippen molar-refractivity contribution >= 4 is 0 Å². The molecule has 2 rings (SSSR count). The van der Waals surface area contributed by atoms with Crippen molar-refractivity contribution in [1.29, 1.82) is 0 Å². The van der Waals surface area contributed by atoms with Crippen molar-refractivity contribution in [2.24, 2.45) is 5.73 Å². The highest BCUT2D eigenvalue weighted by Crippen LogP contribution is 2.26. The summed E-state index contributed by atoms with van der Waals surface area (Å²) in [7, 11) is 0. The highest BCUT2D eigenvalue weighted by molar-refractivity contribution is 5.65. The molecule has 0 fully saturated rings. The molecule has 106 valence electrons. The summed E-state index contributed by atoms with van der Waals surface area (Å²) < 4.78 is 0. The highest BCUT2D eigenvalue weighted by Gasteiger charge is 2.13. The Labute approximate surface area is 121 Å². The van der Waals surface area contributed by atoms with E-state index in [2.05, 4.69) is 44.8 Å². The average Bonchev–Trinajstić information content (AvgIpc) is 2.47. The summed E-state index contributed by atoms with van der Waals surface area (Å²) >= 11 is 0. The van der Waals surface area contributed by atoms with Crippen LogP contribution in [0.5, 0.6) is 0 Å². The smallest absolute Gasteiger partial charge is 0.133 e. The molecule has 1 aromatic carbocycles. The molecule has 0 amide bonds. The number of nitrogens with zero attached hydrogens (tertiary/aromatic N) is 2. The molecule has 0 aliphatic heterocycles. The average molecular weight is 269 g/mol. The van der Waals surface area contributed by atoms with E-state index in [-0.39, 0.29) is 5.92 Å². The number of nitrogens with two attached hydrogens (primary N) is 1. The van der Waals surface area contributed by atoms with Crippen LogP contribution in [0.2, 0.25) is 0 Å². The Hall–Kier alpha value is -1.74. The third kappa shape index (κ3) is 2.73. The number of aryl methyl sites for hydroxylation is 1. The molecule has 0 bridgehead atoms. The zero-order valence-electron chi connectivity index (χ0n) is 12.8. The molecule has 3 nitrogen and oxygen atoms in total. The van der Waals surface area contributed by atoms with Crippen molar-refractivity contribution in [2.45, 2.75) is 40.0 Å². The molecule has 0 spiro atoms. The second-order valence-corrected chi connectivity index (χ2v) is 5.32. The summed E-state index contributed by atoms with van der Waals surface area (Å²) in [5.41, 5.74) is 11.9. The van der Waals surface area contributed by atoms with E-state index in [0.29, 0.717) is 6.54 Å². The van der Waals surface area contributed by atoms with E-state index in [9.17, 15) is 0 Å². The maximum absolute atomic E-state index is 5.80. The van der Waals surface area contributed by atoms with Crippen LogP contribution in [0, 0.1) is 20.8 Å². The molecule has 3 heteroatoms. The lowest BCUT2D eigenvalue weighted by Gasteiger charge is -2.14. The van der Waals surface area contributed by atoms with Gasteiger partial charge in [0, 0.05) is 24.2 Å². The number of hydrogen-bond acceptors (Lipinski definition) is 3. The van der Waals surface area contributed by atoms with Gasteiger partial charge in [0.15, 0.2) is 0 Å². The monoisotopic (exact) mass is 269 g/mol. The SMILES string of the molecule is CCC(CN)c1nccc(-c2ccc(C)c(C)c2C)n1. The molecule has 2 aromatic rings. The molecule has 0 aliphatic rings. The van der Waals surface area contributed by atoms with Crippen LogP contribution in [-0.4, -0.2) is 16.5 Å². The van der Waals surface area contributed by atoms with Gasteiger partial charge in [0.1, 0.15) is 5.82 Å². The Balaban J connectivity index is 2.49. The van der Waals surface area contributed by atoms with E-state index in [1.807, 2.05) is 12.3 Å². The molecule has 2 N–H and O–H groups in total. The minimum atomic E-state index is 0.238. The largest absolute Gasteiger partial charge is 0.330 e. The summed E-state index contributed by atoms with van der Waals surface area (Å²) in [6, 6.07) is 6.27. The second kappa shape index (κ2) is 6.14. The van der Waals surface area contributed by atoms with Gasteiger partial charge in [-0.2, -0.15) is 0 Å². The van der Waals surface area contributed by atoms with E-state index < -0.39 is 0 Å². The predicted molar refractivity (Wildman–Crippen MR) is 83.8 cm³/mol. The predicted octanol–water partition coefficient (Wildman–Crippen LogP) is 3.52. The van der Waals surface area contributed by atoms with Gasteiger partial charge in [0.05, 0.1) is 5.69 Å². The first kappa shape index (κ1) is 14.7. The fourth-order valence-corrected chi connectivity index (χ4v) is 2.41. The maximum Gasteiger partial charge on any atom is 0.133 e. The zero-order valence-corrected chi connectivity index (χ0v) is 12.8. The van der Waals surface area contributed by atoms with Crippen molar-refractivity contribution in [2.75, 3.05) is 6.54 Å². The summed E-state index contributed by atoms with van der Waals surface area (Å²) in [6.45, 7) is 9.16. The molecule has 0 saturated carbocycles. The normalized spacial score (nSPS) is 12.4. The number of aromatic nitrogens is 2. The highest BCUT2D eigenvalue weighted by atomic mass is 14.9. The Kier molecular flexibility index (Phi) is 4.50. The third-order valence-electron chi connectivity index (χ3n) is 4.15. The van der Waals surface area contributed by atoms with E-state index in [0.717, 1.165) is 17.9 Å². The van der Waals surface area contributed by atoms with Crippen molar-refractivity contribution in [3.8, 4) is 11.3 Å². The molecule has 0 aliphatic carbocycles. The number of rotatable bonds is 4. The van der Waals surface area contributed by atoms with Gasteiger partial charge in [0.25, 0.3) is 0 Å². The Morgan fingerprint density at radius 3 is 2.50 bits per heavy atom. The molecule has 1 unspecified atom stereocenters. The quantitative estimate of drug-likeness (QED) is 0.924. The van der Waals surface area contributed by atoms with Crippen molar-refractivity contribution in [1.82, 2.24) is 9.97 Å². The van der Waals surface area contributed by atoms with Gasteiger partial charge in [-0.3, -0.25) is 0 Å². The van der Waals surface area contributed by atoms with E-state index in [4.69, 9.17) is 10.7 Å². The van der Waals surface area contributed by atoms with Gasteiger partial charge in [-0.25, -0.2) is 9.97 Å². The lowest BCUT2D eigenvalue weighted by Crippen LogP contribution is -2.14. The maximum atomic E-state index is 5.80. The molecule has 0 saturated heterocycles. The molecule has 1 heterocycles. The second-order valence-electron chi connectivity index (χ2n) is 5.32. The lowest BCUT2D eigenvalue weighted by molar-refractivity contribution is 0.631. The Morgan fingerprint density at radius 2 is 1.85 bits per heavy atom. The third-order valence-corrected chi connectivity index (χ3v) is 4.15. The fourth-order valence-electron chi connectivity index (χ4n) is 2.41. The van der Waals surface area contributed by atoms with Crippen LogP contribution in [0.25, 0.3) is 11.3 Å². The zero-order chi connectivity index (χ0) is 14.7. The van der Waals surface area contributed by atoms with E-state index in [1.54, 1.807) is 0 Å². The molecule has 1 atom stereocenters. The lowest BCUT2D eigenvalue weighted by atomic mass is 9.96. The number of hydrogen-bond donors (Lipinski definition) is 1. The standard InChI is InChI=1S/C17H23N3/c1-5-14(10-18)17-19-9-8-16(20-17)15-7-6-11(2)12(3)13(15)4/h6-9,14H,5,10,18H2,1-4H3. The summed E-state index contributed by atoms with van der Waals surface area (Å²) in [5.74, 6) is 1.09. The Morgan fingerprint density at radius 1 is 1.10 bits per heavy atom. The molecule has 1 aromatic heterocycles. The molecular weight excluding hydrogens is 246 g/mol. The van der Waals surface area contributed by atoms with Crippen LogP contribution < -0.4 is 5.73 Å². The molecule has 20 heavy (non-hydrogen) atoms. The first-order valence-corrected chi connectivity index (χ1v) is 7.18. The van der Waals surface area contributed by atoms with Crippen molar-refractivity contribution in [3.63, 3.8) is 0 Å². The van der Waals surface area contributed by atoms with Crippen LogP contribution in [-0.2, 0) is 0 Å². The van der Waals surface area contributed by atoms with Gasteiger partial charge < -0.3 is 5.73 Å². The van der Waals surface area contributed by atoms with E-state index >= 15 is 0 Å². The molecule has 0 radical (unpaired) electrons. The summed E-state index contributed by atoms with van der Waals surface area (Å²) in [5, 5.41) is 0. The van der Waals surface area contributed by atoms with Crippen LogP contribution in [0.3, 0.4) is 0 Å².